The Balaban J connectivity index is 0.00000106. The van der Waals surface area contributed by atoms with Crippen molar-refractivity contribution in [1.82, 2.24) is 14.8 Å². The molecule has 2 heterocycles. The number of nitrogens with zero attached hydrogens (tertiary/aromatic N) is 3. The molecule has 2 aromatic heterocycles. The molecule has 3 N–H and O–H groups in total. The number of halogens is 1. The summed E-state index contributed by atoms with van der Waals surface area (Å²) in [7, 11) is 0. The van der Waals surface area contributed by atoms with E-state index in [2.05, 4.69) is 10.1 Å². The molecule has 0 fully saturated rings. The second kappa shape index (κ2) is 6.75. The first kappa shape index (κ1) is 17.2. The first-order chi connectivity index (χ1) is 9.82. The lowest BCUT2D eigenvalue weighted by atomic mass is 10.1. The summed E-state index contributed by atoms with van der Waals surface area (Å²) in [6, 6.07) is 2.46. The van der Waals surface area contributed by atoms with Gasteiger partial charge in [-0.3, -0.25) is 9.67 Å². The van der Waals surface area contributed by atoms with Crippen LogP contribution in [0.1, 0.15) is 39.3 Å². The average molecular weight is 297 g/mol. The van der Waals surface area contributed by atoms with E-state index in [0.29, 0.717) is 5.69 Å². The number of rotatable bonds is 3. The molecule has 21 heavy (non-hydrogen) atoms. The van der Waals surface area contributed by atoms with Crippen molar-refractivity contribution in [2.75, 3.05) is 0 Å². The van der Waals surface area contributed by atoms with Crippen LogP contribution in [0.5, 0.6) is 0 Å². The zero-order chi connectivity index (χ0) is 16.2. The lowest BCUT2D eigenvalue weighted by Gasteiger charge is -2.19. The maximum Gasteiger partial charge on any atom is 0.309 e. The van der Waals surface area contributed by atoms with Crippen molar-refractivity contribution >= 4 is 0 Å². The first-order valence-electron chi connectivity index (χ1n) is 6.68. The zero-order valence-electron chi connectivity index (χ0n) is 12.4. The summed E-state index contributed by atoms with van der Waals surface area (Å²) in [6.07, 6.45) is 2.66. The van der Waals surface area contributed by atoms with E-state index in [9.17, 15) is 19.7 Å². The standard InChI is InChI=1S/C12H14FN3O3.C2H6/c1-7(2)16-9(4-6-15-16)11-10(12(17,18)19)8(13)3-5-14-11;1-2/h3-7,17-19H,1-2H3;1-2H3. The van der Waals surface area contributed by atoms with E-state index in [1.54, 1.807) is 6.07 Å². The van der Waals surface area contributed by atoms with Gasteiger partial charge in [0.25, 0.3) is 0 Å². The molecule has 7 heteroatoms. The smallest absolute Gasteiger partial charge is 0.309 e. The van der Waals surface area contributed by atoms with Crippen molar-refractivity contribution in [3.8, 4) is 11.4 Å². The molecule has 0 unspecified atom stereocenters. The second-order valence-corrected chi connectivity index (χ2v) is 4.41. The largest absolute Gasteiger partial charge is 0.340 e. The minimum atomic E-state index is -3.31. The highest BCUT2D eigenvalue weighted by Gasteiger charge is 2.32. The van der Waals surface area contributed by atoms with Crippen molar-refractivity contribution in [1.29, 1.82) is 0 Å². The topological polar surface area (TPSA) is 91.4 Å². The number of pyridine rings is 1. The van der Waals surface area contributed by atoms with Crippen LogP contribution < -0.4 is 0 Å². The van der Waals surface area contributed by atoms with Crippen molar-refractivity contribution in [3.05, 3.63) is 35.9 Å². The van der Waals surface area contributed by atoms with Crippen molar-refractivity contribution in [3.63, 3.8) is 0 Å². The molecule has 0 saturated carbocycles. The molecule has 0 saturated heterocycles. The van der Waals surface area contributed by atoms with Crippen LogP contribution in [0.4, 0.5) is 4.39 Å². The van der Waals surface area contributed by atoms with Gasteiger partial charge in [-0.2, -0.15) is 5.10 Å². The predicted molar refractivity (Wildman–Crippen MR) is 75.5 cm³/mol. The third kappa shape index (κ3) is 3.63. The fourth-order valence-corrected chi connectivity index (χ4v) is 1.86. The lowest BCUT2D eigenvalue weighted by Crippen LogP contribution is -2.27. The van der Waals surface area contributed by atoms with Gasteiger partial charge in [0.1, 0.15) is 17.1 Å². The van der Waals surface area contributed by atoms with Gasteiger partial charge in [-0.05, 0) is 26.0 Å². The van der Waals surface area contributed by atoms with Crippen LogP contribution in [0.25, 0.3) is 11.4 Å². The van der Waals surface area contributed by atoms with Gasteiger partial charge in [-0.1, -0.05) is 13.8 Å². The number of aliphatic hydroxyl groups is 3. The van der Waals surface area contributed by atoms with Crippen LogP contribution in [-0.2, 0) is 5.97 Å². The molecule has 0 bridgehead atoms. The van der Waals surface area contributed by atoms with Gasteiger partial charge < -0.3 is 15.3 Å². The molecule has 0 aliphatic carbocycles. The van der Waals surface area contributed by atoms with Crippen LogP contribution in [-0.4, -0.2) is 30.1 Å². The van der Waals surface area contributed by atoms with Crippen molar-refractivity contribution in [2.24, 2.45) is 0 Å². The average Bonchev–Trinajstić information content (AvgIpc) is 2.88. The summed E-state index contributed by atoms with van der Waals surface area (Å²) in [6.45, 7) is 7.72. The van der Waals surface area contributed by atoms with E-state index in [4.69, 9.17) is 0 Å². The highest BCUT2D eigenvalue weighted by Crippen LogP contribution is 2.30. The van der Waals surface area contributed by atoms with Gasteiger partial charge in [0.2, 0.25) is 0 Å². The molecule has 0 radical (unpaired) electrons. The normalized spacial score (nSPS) is 11.3. The number of hydrogen-bond donors (Lipinski definition) is 3. The van der Waals surface area contributed by atoms with E-state index in [-0.39, 0.29) is 11.7 Å². The molecular weight excluding hydrogens is 277 g/mol. The second-order valence-electron chi connectivity index (χ2n) is 4.41. The Morgan fingerprint density at radius 3 is 2.29 bits per heavy atom. The highest BCUT2D eigenvalue weighted by atomic mass is 19.1. The minimum absolute atomic E-state index is 0.0339. The maximum atomic E-state index is 13.7. The van der Waals surface area contributed by atoms with Crippen LogP contribution in [0.3, 0.4) is 0 Å². The summed E-state index contributed by atoms with van der Waals surface area (Å²) in [5.74, 6) is -4.27. The Kier molecular flexibility index (Phi) is 5.54. The summed E-state index contributed by atoms with van der Waals surface area (Å²) < 4.78 is 15.3. The van der Waals surface area contributed by atoms with Gasteiger partial charge in [0.05, 0.1) is 5.69 Å². The monoisotopic (exact) mass is 297 g/mol. The van der Waals surface area contributed by atoms with Gasteiger partial charge >= 0.3 is 5.97 Å². The lowest BCUT2D eigenvalue weighted by molar-refractivity contribution is -0.325. The van der Waals surface area contributed by atoms with Gasteiger partial charge in [0.15, 0.2) is 0 Å². The van der Waals surface area contributed by atoms with E-state index >= 15 is 0 Å². The molecule has 0 atom stereocenters. The Bertz CT molecular complexity index is 591. The van der Waals surface area contributed by atoms with E-state index in [1.807, 2.05) is 27.7 Å². The summed E-state index contributed by atoms with van der Waals surface area (Å²) in [5.41, 5.74) is -0.387. The molecule has 0 aromatic carbocycles. The molecule has 2 rings (SSSR count). The molecular formula is C14H20FN3O3. The molecule has 0 amide bonds. The minimum Gasteiger partial charge on any atom is -0.340 e. The fraction of sp³-hybridized carbons (Fsp3) is 0.429. The Hall–Kier alpha value is -1.83. The van der Waals surface area contributed by atoms with Crippen molar-refractivity contribution < 1.29 is 19.7 Å². The fourth-order valence-electron chi connectivity index (χ4n) is 1.86. The van der Waals surface area contributed by atoms with E-state index < -0.39 is 17.4 Å². The quantitative estimate of drug-likeness (QED) is 0.751. The third-order valence-corrected chi connectivity index (χ3v) is 2.64. The number of hydrogen-bond acceptors (Lipinski definition) is 5. The highest BCUT2D eigenvalue weighted by molar-refractivity contribution is 5.60. The summed E-state index contributed by atoms with van der Waals surface area (Å²) in [4.78, 5) is 3.91. The molecule has 0 spiro atoms. The van der Waals surface area contributed by atoms with E-state index in [1.165, 1.54) is 17.1 Å². The summed E-state index contributed by atoms with van der Waals surface area (Å²) in [5, 5.41) is 31.9. The zero-order valence-corrected chi connectivity index (χ0v) is 12.4. The van der Waals surface area contributed by atoms with Crippen molar-refractivity contribution in [2.45, 2.75) is 39.7 Å². The summed E-state index contributed by atoms with van der Waals surface area (Å²) >= 11 is 0. The molecule has 0 aliphatic rings. The van der Waals surface area contributed by atoms with Crippen LogP contribution in [0.2, 0.25) is 0 Å². The number of aromatic nitrogens is 3. The molecule has 6 nitrogen and oxygen atoms in total. The van der Waals surface area contributed by atoms with Gasteiger partial charge in [-0.15, -0.1) is 0 Å². The Morgan fingerprint density at radius 1 is 1.14 bits per heavy atom. The maximum absolute atomic E-state index is 13.7. The Labute approximate surface area is 122 Å². The Morgan fingerprint density at radius 2 is 1.76 bits per heavy atom. The van der Waals surface area contributed by atoms with Crippen LogP contribution >= 0.6 is 0 Å². The third-order valence-electron chi connectivity index (χ3n) is 2.64. The van der Waals surface area contributed by atoms with Crippen LogP contribution in [0, 0.1) is 5.82 Å². The first-order valence-corrected chi connectivity index (χ1v) is 6.68. The molecule has 2 aromatic rings. The molecule has 116 valence electrons. The van der Waals surface area contributed by atoms with Gasteiger partial charge in [0, 0.05) is 18.4 Å². The predicted octanol–water partition coefficient (Wildman–Crippen LogP) is 1.78. The van der Waals surface area contributed by atoms with Crippen LogP contribution in [0.15, 0.2) is 24.5 Å². The molecule has 0 aliphatic heterocycles. The SMILES string of the molecule is CC.CC(C)n1nccc1-c1nccc(F)c1C(O)(O)O. The van der Waals surface area contributed by atoms with E-state index in [0.717, 1.165) is 6.07 Å². The van der Waals surface area contributed by atoms with Gasteiger partial charge in [-0.25, -0.2) is 4.39 Å².